The van der Waals surface area contributed by atoms with Gasteiger partial charge in [-0.2, -0.15) is 5.10 Å². The highest BCUT2D eigenvalue weighted by molar-refractivity contribution is 6.24. The standard InChI is InChI=1S/C15H15N3O.C15H15NO3.H2N2.H2O.H2/c19-15-13-12(8-9-18(15)11-6-7-11)16-17-14(13)10-4-2-1-3-5-10;17-12-8-9-16(11-6-7-11)15(19)13(12)14(18)10-4-2-1-3-5-10;1-2;;/h1-5,11H,6-9H2,(H,16,17);1-5,11,13H,6-9H2;1-2H;1H2;1H. The number of likely N-dealkylation sites (tertiary alicyclic amines) is 1. The zero-order valence-corrected chi connectivity index (χ0v) is 22.6. The quantitative estimate of drug-likeness (QED) is 0.244. The number of rotatable bonds is 5. The molecule has 7 rings (SSSR count). The molecule has 2 aliphatic heterocycles. The molecular formula is C30H36N6O5. The van der Waals surface area contributed by atoms with E-state index in [0.717, 1.165) is 61.2 Å². The van der Waals surface area contributed by atoms with E-state index in [4.69, 9.17) is 11.1 Å². The second kappa shape index (κ2) is 12.8. The Morgan fingerprint density at radius 3 is 2.00 bits per heavy atom. The highest BCUT2D eigenvalue weighted by atomic mass is 16.2. The van der Waals surface area contributed by atoms with Gasteiger partial charge in [-0.3, -0.25) is 24.3 Å². The summed E-state index contributed by atoms with van der Waals surface area (Å²) in [6.45, 7) is 1.30. The molecule has 2 amide bonds. The molecule has 3 heterocycles. The monoisotopic (exact) mass is 560 g/mol. The Morgan fingerprint density at radius 1 is 0.829 bits per heavy atom. The number of hydrogen-bond acceptors (Lipinski definition) is 7. The Labute approximate surface area is 239 Å². The van der Waals surface area contributed by atoms with Crippen LogP contribution in [0.3, 0.4) is 0 Å². The SMILES string of the molecule is N=N.O.O=C1CCN(C2CC2)C(=O)C1C(=O)c1ccccc1.O=C1c2c(-c3ccccc3)n[nH]c2CCN1C1CC1.[HH]. The van der Waals surface area contributed by atoms with Crippen molar-refractivity contribution >= 4 is 23.4 Å². The first kappa shape index (κ1) is 29.5. The average Bonchev–Trinajstić information content (AvgIpc) is 3.94. The molecule has 0 spiro atoms. The fourth-order valence-electron chi connectivity index (χ4n) is 5.37. The molecule has 1 atom stereocenters. The number of carbonyl (C=O) groups excluding carboxylic acids is 4. The number of carbonyl (C=O) groups is 4. The maximum Gasteiger partial charge on any atom is 0.258 e. The van der Waals surface area contributed by atoms with Gasteiger partial charge >= 0.3 is 0 Å². The smallest absolute Gasteiger partial charge is 0.258 e. The first-order valence-corrected chi connectivity index (χ1v) is 13.6. The lowest BCUT2D eigenvalue weighted by Gasteiger charge is -2.30. The summed E-state index contributed by atoms with van der Waals surface area (Å²) in [6, 6.07) is 19.2. The van der Waals surface area contributed by atoms with Crippen LogP contribution in [-0.2, 0) is 16.0 Å². The van der Waals surface area contributed by atoms with E-state index in [1.807, 2.05) is 35.2 Å². The van der Waals surface area contributed by atoms with Gasteiger partial charge < -0.3 is 15.3 Å². The van der Waals surface area contributed by atoms with Gasteiger partial charge in [0.05, 0.1) is 11.3 Å². The van der Waals surface area contributed by atoms with Gasteiger partial charge in [-0.1, -0.05) is 60.7 Å². The fraction of sp³-hybridized carbons (Fsp3) is 0.367. The molecule has 1 saturated heterocycles. The molecule has 1 aromatic heterocycles. The van der Waals surface area contributed by atoms with E-state index in [1.165, 1.54) is 0 Å². The van der Waals surface area contributed by atoms with Gasteiger partial charge in [0.15, 0.2) is 17.5 Å². The number of hydrogen-bond donors (Lipinski definition) is 3. The van der Waals surface area contributed by atoms with Crippen LogP contribution in [0.2, 0.25) is 0 Å². The molecule has 1 unspecified atom stereocenters. The predicted octanol–water partition coefficient (Wildman–Crippen LogP) is 3.70. The van der Waals surface area contributed by atoms with Crippen LogP contribution in [0, 0.1) is 17.0 Å². The van der Waals surface area contributed by atoms with Crippen molar-refractivity contribution in [3.8, 4) is 11.3 Å². The van der Waals surface area contributed by atoms with Crippen LogP contribution in [0.4, 0.5) is 0 Å². The number of ketones is 2. The Kier molecular flexibility index (Phi) is 9.18. The van der Waals surface area contributed by atoms with Crippen molar-refractivity contribution in [2.24, 2.45) is 5.92 Å². The van der Waals surface area contributed by atoms with E-state index >= 15 is 0 Å². The van der Waals surface area contributed by atoms with Crippen molar-refractivity contribution in [3.63, 3.8) is 0 Å². The minimum absolute atomic E-state index is 0. The molecule has 3 aromatic rings. The van der Waals surface area contributed by atoms with Crippen LogP contribution >= 0.6 is 0 Å². The molecule has 2 aromatic carbocycles. The summed E-state index contributed by atoms with van der Waals surface area (Å²) >= 11 is 0. The fourth-order valence-corrected chi connectivity index (χ4v) is 5.37. The first-order valence-electron chi connectivity index (χ1n) is 13.6. The molecule has 11 heteroatoms. The largest absolute Gasteiger partial charge is 0.412 e. The zero-order valence-electron chi connectivity index (χ0n) is 22.6. The van der Waals surface area contributed by atoms with Crippen molar-refractivity contribution in [1.82, 2.24) is 20.0 Å². The molecule has 216 valence electrons. The number of fused-ring (bicyclic) bond motifs is 1. The molecule has 4 aliphatic rings. The summed E-state index contributed by atoms with van der Waals surface area (Å²) in [4.78, 5) is 52.9. The number of piperidine rings is 1. The lowest BCUT2D eigenvalue weighted by atomic mass is 9.88. The molecule has 3 fully saturated rings. The van der Waals surface area contributed by atoms with E-state index < -0.39 is 5.92 Å². The Bertz CT molecular complexity index is 1410. The van der Waals surface area contributed by atoms with Crippen molar-refractivity contribution in [1.29, 1.82) is 11.1 Å². The number of aromatic amines is 1. The molecule has 5 N–H and O–H groups in total. The number of benzene rings is 2. The van der Waals surface area contributed by atoms with Crippen LogP contribution in [0.25, 0.3) is 11.3 Å². The highest BCUT2D eigenvalue weighted by Gasteiger charge is 2.45. The van der Waals surface area contributed by atoms with Gasteiger partial charge in [0.1, 0.15) is 5.69 Å². The maximum absolute atomic E-state index is 12.6. The molecule has 2 aliphatic carbocycles. The lowest BCUT2D eigenvalue weighted by molar-refractivity contribution is -0.143. The normalized spacial score (nSPS) is 19.6. The molecule has 11 nitrogen and oxygen atoms in total. The average molecular weight is 561 g/mol. The third-order valence-corrected chi connectivity index (χ3v) is 7.71. The van der Waals surface area contributed by atoms with E-state index in [0.29, 0.717) is 24.6 Å². The number of H-pyrrole nitrogens is 1. The molecular weight excluding hydrogens is 524 g/mol. The molecule has 0 bridgehead atoms. The van der Waals surface area contributed by atoms with E-state index in [2.05, 4.69) is 10.2 Å². The topological polar surface area (TPSA) is 183 Å². The van der Waals surface area contributed by atoms with Crippen molar-refractivity contribution < 1.29 is 26.1 Å². The number of aromatic nitrogens is 2. The van der Waals surface area contributed by atoms with Crippen molar-refractivity contribution in [2.75, 3.05) is 13.1 Å². The van der Waals surface area contributed by atoms with Crippen LogP contribution in [-0.4, -0.2) is 74.0 Å². The number of amides is 2. The third-order valence-electron chi connectivity index (χ3n) is 7.71. The van der Waals surface area contributed by atoms with Gasteiger partial charge in [-0.15, -0.1) is 0 Å². The second-order valence-corrected chi connectivity index (χ2v) is 10.4. The predicted molar refractivity (Wildman–Crippen MR) is 152 cm³/mol. The minimum atomic E-state index is -1.11. The summed E-state index contributed by atoms with van der Waals surface area (Å²) in [5.41, 5.74) is 14.0. The van der Waals surface area contributed by atoms with E-state index in [-0.39, 0.29) is 36.3 Å². The lowest BCUT2D eigenvalue weighted by Crippen LogP contribution is -2.49. The van der Waals surface area contributed by atoms with Crippen LogP contribution < -0.4 is 0 Å². The molecule has 41 heavy (non-hydrogen) atoms. The van der Waals surface area contributed by atoms with Gasteiger partial charge in [-0.25, -0.2) is 11.1 Å². The van der Waals surface area contributed by atoms with Crippen molar-refractivity contribution in [2.45, 2.75) is 50.6 Å². The van der Waals surface area contributed by atoms with Gasteiger partial charge in [0.2, 0.25) is 5.91 Å². The summed E-state index contributed by atoms with van der Waals surface area (Å²) < 4.78 is 0. The Morgan fingerprint density at radius 2 is 1.39 bits per heavy atom. The highest BCUT2D eigenvalue weighted by Crippen LogP contribution is 2.35. The summed E-state index contributed by atoms with van der Waals surface area (Å²) in [5, 5.41) is 7.40. The molecule has 0 radical (unpaired) electrons. The Hall–Kier alpha value is -4.51. The second-order valence-electron chi connectivity index (χ2n) is 10.4. The van der Waals surface area contributed by atoms with E-state index in [9.17, 15) is 19.2 Å². The van der Waals surface area contributed by atoms with Gasteiger partial charge in [0.25, 0.3) is 5.91 Å². The van der Waals surface area contributed by atoms with Gasteiger partial charge in [-0.05, 0) is 25.7 Å². The van der Waals surface area contributed by atoms with Crippen LogP contribution in [0.5, 0.6) is 0 Å². The Balaban J connectivity index is 0.000000208. The summed E-state index contributed by atoms with van der Waals surface area (Å²) in [7, 11) is 0. The maximum atomic E-state index is 12.6. The number of Topliss-reactive ketones (excluding diaryl/α,β-unsaturated/α-hetero) is 2. The molecule has 2 saturated carbocycles. The summed E-state index contributed by atoms with van der Waals surface area (Å²) in [5.74, 6) is -1.86. The van der Waals surface area contributed by atoms with Crippen LogP contribution in [0.1, 0.15) is 59.9 Å². The number of nitrogens with zero attached hydrogens (tertiary/aromatic N) is 3. The van der Waals surface area contributed by atoms with Gasteiger partial charge in [0, 0.05) is 50.6 Å². The minimum Gasteiger partial charge on any atom is -0.412 e. The van der Waals surface area contributed by atoms with E-state index in [1.54, 1.807) is 35.2 Å². The first-order chi connectivity index (χ1) is 19.5. The number of nitrogens with one attached hydrogen (secondary N) is 3. The van der Waals surface area contributed by atoms with Crippen molar-refractivity contribution in [3.05, 3.63) is 77.5 Å². The third kappa shape index (κ3) is 6.14. The summed E-state index contributed by atoms with van der Waals surface area (Å²) in [6.07, 6.45) is 5.47. The van der Waals surface area contributed by atoms with Crippen LogP contribution in [0.15, 0.2) is 60.7 Å². The zero-order chi connectivity index (χ0) is 28.2.